The number of fused-ring (bicyclic) bond motifs is 1. The fourth-order valence-corrected chi connectivity index (χ4v) is 2.86. The standard InChI is InChI=1S/C18H16ClNO/c1-18(2,12-7-4-3-5-8-12)17(21)14-11-20-16-13(14)9-6-10-15(16)19/h3-11,20H,1-2H3. The zero-order valence-corrected chi connectivity index (χ0v) is 12.7. The molecular weight excluding hydrogens is 282 g/mol. The highest BCUT2D eigenvalue weighted by molar-refractivity contribution is 6.35. The van der Waals surface area contributed by atoms with E-state index in [0.29, 0.717) is 10.6 Å². The van der Waals surface area contributed by atoms with Gasteiger partial charge in [0.25, 0.3) is 0 Å². The van der Waals surface area contributed by atoms with Crippen LogP contribution in [0.1, 0.15) is 29.8 Å². The second-order valence-corrected chi connectivity index (χ2v) is 6.09. The lowest BCUT2D eigenvalue weighted by molar-refractivity contribution is 0.0910. The van der Waals surface area contributed by atoms with Crippen molar-refractivity contribution in [1.82, 2.24) is 4.98 Å². The molecule has 1 N–H and O–H groups in total. The molecule has 1 aromatic heterocycles. The second kappa shape index (κ2) is 5.05. The first-order valence-electron chi connectivity index (χ1n) is 6.88. The molecule has 0 bridgehead atoms. The number of rotatable bonds is 3. The minimum atomic E-state index is -0.585. The molecule has 0 aliphatic heterocycles. The van der Waals surface area contributed by atoms with Gasteiger partial charge in [0.15, 0.2) is 5.78 Å². The Kier molecular flexibility index (Phi) is 3.34. The van der Waals surface area contributed by atoms with Gasteiger partial charge in [-0.15, -0.1) is 0 Å². The molecule has 2 aromatic carbocycles. The van der Waals surface area contributed by atoms with E-state index in [9.17, 15) is 4.79 Å². The summed E-state index contributed by atoms with van der Waals surface area (Å²) in [5.41, 5.74) is 1.91. The summed E-state index contributed by atoms with van der Waals surface area (Å²) in [6.45, 7) is 3.90. The van der Waals surface area contributed by atoms with Gasteiger partial charge >= 0.3 is 0 Å². The number of carbonyl (C=O) groups is 1. The Labute approximate surface area is 128 Å². The molecule has 0 atom stereocenters. The predicted molar refractivity (Wildman–Crippen MR) is 87.1 cm³/mol. The highest BCUT2D eigenvalue weighted by Crippen LogP contribution is 2.32. The van der Waals surface area contributed by atoms with Crippen LogP contribution >= 0.6 is 11.6 Å². The molecule has 3 rings (SSSR count). The fraction of sp³-hybridized carbons (Fsp3) is 0.167. The first-order valence-corrected chi connectivity index (χ1v) is 7.25. The maximum atomic E-state index is 13.0. The smallest absolute Gasteiger partial charge is 0.174 e. The topological polar surface area (TPSA) is 32.9 Å². The van der Waals surface area contributed by atoms with Crippen molar-refractivity contribution in [1.29, 1.82) is 0 Å². The molecule has 0 radical (unpaired) electrons. The number of nitrogens with one attached hydrogen (secondary N) is 1. The molecule has 0 aliphatic rings. The third-order valence-corrected chi connectivity index (χ3v) is 4.29. The van der Waals surface area contributed by atoms with E-state index in [4.69, 9.17) is 11.6 Å². The number of para-hydroxylation sites is 1. The van der Waals surface area contributed by atoms with Crippen molar-refractivity contribution >= 4 is 28.3 Å². The molecule has 0 amide bonds. The first kappa shape index (κ1) is 13.9. The number of Topliss-reactive ketones (excluding diaryl/α,β-unsaturated/α-hetero) is 1. The van der Waals surface area contributed by atoms with Crippen molar-refractivity contribution in [2.45, 2.75) is 19.3 Å². The highest BCUT2D eigenvalue weighted by atomic mass is 35.5. The molecule has 0 aliphatic carbocycles. The van der Waals surface area contributed by atoms with Crippen molar-refractivity contribution in [3.8, 4) is 0 Å². The maximum Gasteiger partial charge on any atom is 0.174 e. The third-order valence-electron chi connectivity index (χ3n) is 3.97. The Morgan fingerprint density at radius 3 is 2.48 bits per heavy atom. The van der Waals surface area contributed by atoms with Crippen molar-refractivity contribution in [3.63, 3.8) is 0 Å². The SMILES string of the molecule is CC(C)(C(=O)c1c[nH]c2c(Cl)cccc12)c1ccccc1. The van der Waals surface area contributed by atoms with Gasteiger partial charge in [0, 0.05) is 17.1 Å². The van der Waals surface area contributed by atoms with Crippen molar-refractivity contribution < 1.29 is 4.79 Å². The zero-order chi connectivity index (χ0) is 15.0. The molecule has 3 heteroatoms. The molecule has 0 saturated carbocycles. The lowest BCUT2D eigenvalue weighted by Crippen LogP contribution is -2.28. The number of carbonyl (C=O) groups excluding carboxylic acids is 1. The number of aromatic amines is 1. The normalized spacial score (nSPS) is 11.8. The van der Waals surface area contributed by atoms with Crippen LogP contribution in [0.15, 0.2) is 54.7 Å². The minimum Gasteiger partial charge on any atom is -0.359 e. The summed E-state index contributed by atoms with van der Waals surface area (Å²) in [4.78, 5) is 16.1. The van der Waals surface area contributed by atoms with E-state index >= 15 is 0 Å². The van der Waals surface area contributed by atoms with Gasteiger partial charge in [-0.05, 0) is 25.5 Å². The predicted octanol–water partition coefficient (Wildman–Crippen LogP) is 4.98. The third kappa shape index (κ3) is 2.26. The number of hydrogen-bond donors (Lipinski definition) is 1. The first-order chi connectivity index (χ1) is 10.0. The Morgan fingerprint density at radius 1 is 1.05 bits per heavy atom. The summed E-state index contributed by atoms with van der Waals surface area (Å²) in [6, 6.07) is 15.4. The average molecular weight is 298 g/mol. The quantitative estimate of drug-likeness (QED) is 0.679. The molecule has 2 nitrogen and oxygen atoms in total. The Bertz CT molecular complexity index is 802. The van der Waals surface area contributed by atoms with E-state index in [1.807, 2.05) is 62.4 Å². The number of H-pyrrole nitrogens is 1. The molecular formula is C18H16ClNO. The summed E-state index contributed by atoms with van der Waals surface area (Å²) in [5.74, 6) is 0.0854. The van der Waals surface area contributed by atoms with Crippen LogP contribution < -0.4 is 0 Å². The van der Waals surface area contributed by atoms with Gasteiger partial charge in [-0.1, -0.05) is 54.1 Å². The number of aromatic nitrogens is 1. The number of hydrogen-bond acceptors (Lipinski definition) is 1. The molecule has 1 heterocycles. The zero-order valence-electron chi connectivity index (χ0n) is 12.0. The Morgan fingerprint density at radius 2 is 1.76 bits per heavy atom. The van der Waals surface area contributed by atoms with Gasteiger partial charge in [0.05, 0.1) is 16.0 Å². The molecule has 106 valence electrons. The van der Waals surface area contributed by atoms with E-state index in [1.165, 1.54) is 0 Å². The van der Waals surface area contributed by atoms with Crippen LogP contribution in [0.2, 0.25) is 5.02 Å². The van der Waals surface area contributed by atoms with E-state index in [1.54, 1.807) is 6.20 Å². The summed E-state index contributed by atoms with van der Waals surface area (Å²) in [5, 5.41) is 1.50. The molecule has 21 heavy (non-hydrogen) atoms. The molecule has 0 spiro atoms. The molecule has 0 fully saturated rings. The molecule has 0 unspecified atom stereocenters. The van der Waals surface area contributed by atoms with E-state index in [0.717, 1.165) is 16.5 Å². The van der Waals surface area contributed by atoms with Crippen LogP contribution in [0.25, 0.3) is 10.9 Å². The number of benzene rings is 2. The van der Waals surface area contributed by atoms with E-state index in [2.05, 4.69) is 4.98 Å². The van der Waals surface area contributed by atoms with E-state index < -0.39 is 5.41 Å². The summed E-state index contributed by atoms with van der Waals surface area (Å²) < 4.78 is 0. The molecule has 0 saturated heterocycles. The van der Waals surface area contributed by atoms with Gasteiger partial charge in [-0.2, -0.15) is 0 Å². The van der Waals surface area contributed by atoms with Crippen molar-refractivity contribution in [3.05, 3.63) is 70.9 Å². The lowest BCUT2D eigenvalue weighted by atomic mass is 9.78. The lowest BCUT2D eigenvalue weighted by Gasteiger charge is -2.23. The van der Waals surface area contributed by atoms with Gasteiger partial charge < -0.3 is 4.98 Å². The van der Waals surface area contributed by atoms with Crippen LogP contribution in [-0.4, -0.2) is 10.8 Å². The molecule has 3 aromatic rings. The minimum absolute atomic E-state index is 0.0854. The van der Waals surface area contributed by atoms with Crippen molar-refractivity contribution in [2.24, 2.45) is 0 Å². The number of halogens is 1. The average Bonchev–Trinajstić information content (AvgIpc) is 2.92. The van der Waals surface area contributed by atoms with Gasteiger partial charge in [-0.25, -0.2) is 0 Å². The van der Waals surface area contributed by atoms with Crippen molar-refractivity contribution in [2.75, 3.05) is 0 Å². The Balaban J connectivity index is 2.11. The highest BCUT2D eigenvalue weighted by Gasteiger charge is 2.32. The monoisotopic (exact) mass is 297 g/mol. The van der Waals surface area contributed by atoms with Crippen LogP contribution in [0, 0.1) is 0 Å². The number of ketones is 1. The second-order valence-electron chi connectivity index (χ2n) is 5.68. The summed E-state index contributed by atoms with van der Waals surface area (Å²) in [7, 11) is 0. The summed E-state index contributed by atoms with van der Waals surface area (Å²) >= 11 is 6.16. The van der Waals surface area contributed by atoms with E-state index in [-0.39, 0.29) is 5.78 Å². The van der Waals surface area contributed by atoms with Gasteiger partial charge in [0.1, 0.15) is 0 Å². The summed E-state index contributed by atoms with van der Waals surface area (Å²) in [6.07, 6.45) is 1.75. The van der Waals surface area contributed by atoms with Crippen LogP contribution in [0.3, 0.4) is 0 Å². The van der Waals surface area contributed by atoms with Gasteiger partial charge in [0.2, 0.25) is 0 Å². The van der Waals surface area contributed by atoms with Gasteiger partial charge in [-0.3, -0.25) is 4.79 Å². The Hall–Kier alpha value is -2.06. The maximum absolute atomic E-state index is 13.0. The van der Waals surface area contributed by atoms with Crippen LogP contribution in [0.4, 0.5) is 0 Å². The largest absolute Gasteiger partial charge is 0.359 e. The van der Waals surface area contributed by atoms with Crippen LogP contribution in [-0.2, 0) is 5.41 Å². The van der Waals surface area contributed by atoms with Crippen LogP contribution in [0.5, 0.6) is 0 Å². The fourth-order valence-electron chi connectivity index (χ4n) is 2.63.